The minimum absolute atomic E-state index is 0.522. The van der Waals surface area contributed by atoms with Gasteiger partial charge in [0.1, 0.15) is 0 Å². The van der Waals surface area contributed by atoms with Crippen LogP contribution in [-0.2, 0) is 0 Å². The Morgan fingerprint density at radius 1 is 1.05 bits per heavy atom. The molecule has 0 spiro atoms. The Balaban J connectivity index is 2.18. The number of benzene rings is 1. The Kier molecular flexibility index (Phi) is 5.26. The summed E-state index contributed by atoms with van der Waals surface area (Å²) in [6.07, 6.45) is 8.50. The van der Waals surface area contributed by atoms with Crippen LogP contribution >= 0.6 is 0 Å². The lowest BCUT2D eigenvalue weighted by molar-refractivity contribution is 0.425. The van der Waals surface area contributed by atoms with Crippen molar-refractivity contribution in [3.8, 4) is 0 Å². The van der Waals surface area contributed by atoms with Crippen LogP contribution in [0, 0.1) is 33.6 Å². The van der Waals surface area contributed by atoms with Crippen LogP contribution in [0.15, 0.2) is 6.07 Å². The highest BCUT2D eigenvalue weighted by molar-refractivity contribution is 5.45. The summed E-state index contributed by atoms with van der Waals surface area (Å²) in [7, 11) is 2.12. The number of hydrogen-bond acceptors (Lipinski definition) is 1. The van der Waals surface area contributed by atoms with Gasteiger partial charge >= 0.3 is 0 Å². The molecule has 0 amide bonds. The molecule has 1 aromatic rings. The summed E-state index contributed by atoms with van der Waals surface area (Å²) in [5, 5.41) is 3.58. The monoisotopic (exact) mass is 273 g/mol. The van der Waals surface area contributed by atoms with Gasteiger partial charge in [0.05, 0.1) is 0 Å². The molecule has 1 aliphatic carbocycles. The molecule has 1 atom stereocenters. The first kappa shape index (κ1) is 15.6. The van der Waals surface area contributed by atoms with E-state index in [4.69, 9.17) is 0 Å². The van der Waals surface area contributed by atoms with Crippen molar-refractivity contribution >= 4 is 0 Å². The second kappa shape index (κ2) is 6.76. The SMILES string of the molecule is CNC(CCC1CCCC1)c1c(C)c(C)cc(C)c1C. The van der Waals surface area contributed by atoms with E-state index in [0.717, 1.165) is 5.92 Å². The molecule has 112 valence electrons. The lowest BCUT2D eigenvalue weighted by Gasteiger charge is -2.25. The second-order valence-corrected chi connectivity index (χ2v) is 6.74. The fourth-order valence-electron chi connectivity index (χ4n) is 3.90. The predicted octanol–water partition coefficient (Wildman–Crippen LogP) is 5.15. The van der Waals surface area contributed by atoms with Gasteiger partial charge < -0.3 is 5.32 Å². The molecular weight excluding hydrogens is 242 g/mol. The summed E-state index contributed by atoms with van der Waals surface area (Å²) < 4.78 is 0. The van der Waals surface area contributed by atoms with E-state index in [2.05, 4.69) is 46.1 Å². The maximum Gasteiger partial charge on any atom is 0.0323 e. The fourth-order valence-corrected chi connectivity index (χ4v) is 3.90. The third kappa shape index (κ3) is 3.25. The highest BCUT2D eigenvalue weighted by atomic mass is 14.9. The van der Waals surface area contributed by atoms with Crippen molar-refractivity contribution in [1.82, 2.24) is 5.32 Å². The highest BCUT2D eigenvalue weighted by Crippen LogP contribution is 2.34. The van der Waals surface area contributed by atoms with Gasteiger partial charge in [-0.25, -0.2) is 0 Å². The number of rotatable bonds is 5. The van der Waals surface area contributed by atoms with E-state index >= 15 is 0 Å². The summed E-state index contributed by atoms with van der Waals surface area (Å²) in [4.78, 5) is 0. The van der Waals surface area contributed by atoms with Crippen molar-refractivity contribution < 1.29 is 0 Å². The van der Waals surface area contributed by atoms with Crippen LogP contribution in [-0.4, -0.2) is 7.05 Å². The standard InChI is InChI=1S/C19H31N/c1-13-12-14(2)16(4)19(15(13)3)18(20-5)11-10-17-8-6-7-9-17/h12,17-18,20H,6-11H2,1-5H3. The molecule has 2 rings (SSSR count). The van der Waals surface area contributed by atoms with Crippen LogP contribution in [0.4, 0.5) is 0 Å². The van der Waals surface area contributed by atoms with Crippen LogP contribution in [0.3, 0.4) is 0 Å². The van der Waals surface area contributed by atoms with E-state index in [0.29, 0.717) is 6.04 Å². The van der Waals surface area contributed by atoms with Gasteiger partial charge in [-0.1, -0.05) is 31.7 Å². The van der Waals surface area contributed by atoms with Gasteiger partial charge in [-0.05, 0) is 81.3 Å². The smallest absolute Gasteiger partial charge is 0.0323 e. The lowest BCUT2D eigenvalue weighted by Crippen LogP contribution is -2.20. The molecule has 1 fully saturated rings. The van der Waals surface area contributed by atoms with E-state index in [9.17, 15) is 0 Å². The first-order valence-corrected chi connectivity index (χ1v) is 8.29. The zero-order chi connectivity index (χ0) is 14.7. The van der Waals surface area contributed by atoms with Crippen molar-refractivity contribution in [2.75, 3.05) is 7.05 Å². The average molecular weight is 273 g/mol. The van der Waals surface area contributed by atoms with Gasteiger partial charge in [0.25, 0.3) is 0 Å². The van der Waals surface area contributed by atoms with Gasteiger partial charge in [0.15, 0.2) is 0 Å². The van der Waals surface area contributed by atoms with E-state index in [1.165, 1.54) is 60.8 Å². The molecular formula is C19H31N. The summed E-state index contributed by atoms with van der Waals surface area (Å²) in [6.45, 7) is 9.07. The summed E-state index contributed by atoms with van der Waals surface area (Å²) >= 11 is 0. The summed E-state index contributed by atoms with van der Waals surface area (Å²) in [6, 6.07) is 2.85. The Bertz CT molecular complexity index is 429. The molecule has 0 saturated heterocycles. The first-order chi connectivity index (χ1) is 9.54. The Labute approximate surface area is 125 Å². The fraction of sp³-hybridized carbons (Fsp3) is 0.684. The number of hydrogen-bond donors (Lipinski definition) is 1. The third-order valence-corrected chi connectivity index (χ3v) is 5.46. The van der Waals surface area contributed by atoms with E-state index in [1.807, 2.05) is 0 Å². The van der Waals surface area contributed by atoms with Crippen molar-refractivity contribution in [1.29, 1.82) is 0 Å². The number of nitrogens with one attached hydrogen (secondary N) is 1. The van der Waals surface area contributed by atoms with E-state index < -0.39 is 0 Å². The highest BCUT2D eigenvalue weighted by Gasteiger charge is 2.20. The molecule has 1 N–H and O–H groups in total. The lowest BCUT2D eigenvalue weighted by atomic mass is 9.86. The maximum atomic E-state index is 3.58. The third-order valence-electron chi connectivity index (χ3n) is 5.46. The Morgan fingerprint density at radius 3 is 2.10 bits per heavy atom. The van der Waals surface area contributed by atoms with Crippen LogP contribution in [0.25, 0.3) is 0 Å². The zero-order valence-corrected chi connectivity index (χ0v) is 14.0. The molecule has 1 unspecified atom stereocenters. The largest absolute Gasteiger partial charge is 0.313 e. The maximum absolute atomic E-state index is 3.58. The molecule has 0 radical (unpaired) electrons. The molecule has 0 aliphatic heterocycles. The first-order valence-electron chi connectivity index (χ1n) is 8.29. The van der Waals surface area contributed by atoms with Crippen molar-refractivity contribution in [2.24, 2.45) is 5.92 Å². The van der Waals surface area contributed by atoms with Crippen LogP contribution < -0.4 is 5.32 Å². The van der Waals surface area contributed by atoms with Crippen LogP contribution in [0.5, 0.6) is 0 Å². The van der Waals surface area contributed by atoms with Crippen molar-refractivity contribution in [3.05, 3.63) is 33.9 Å². The molecule has 0 bridgehead atoms. The molecule has 1 heteroatoms. The summed E-state index contributed by atoms with van der Waals surface area (Å²) in [5.74, 6) is 0.984. The normalized spacial score (nSPS) is 17.6. The molecule has 1 aromatic carbocycles. The van der Waals surface area contributed by atoms with Gasteiger partial charge in [0.2, 0.25) is 0 Å². The molecule has 1 saturated carbocycles. The van der Waals surface area contributed by atoms with E-state index in [1.54, 1.807) is 5.56 Å². The van der Waals surface area contributed by atoms with Crippen molar-refractivity contribution in [3.63, 3.8) is 0 Å². The molecule has 20 heavy (non-hydrogen) atoms. The molecule has 1 aliphatic rings. The minimum atomic E-state index is 0.522. The van der Waals surface area contributed by atoms with Gasteiger partial charge in [0, 0.05) is 6.04 Å². The molecule has 1 nitrogen and oxygen atoms in total. The van der Waals surface area contributed by atoms with Crippen LogP contribution in [0.2, 0.25) is 0 Å². The van der Waals surface area contributed by atoms with Gasteiger partial charge in [-0.2, -0.15) is 0 Å². The second-order valence-electron chi connectivity index (χ2n) is 6.74. The average Bonchev–Trinajstić information content (AvgIpc) is 2.93. The predicted molar refractivity (Wildman–Crippen MR) is 88.4 cm³/mol. The number of aryl methyl sites for hydroxylation is 2. The minimum Gasteiger partial charge on any atom is -0.313 e. The Morgan fingerprint density at radius 2 is 1.60 bits per heavy atom. The Hall–Kier alpha value is -0.820. The quantitative estimate of drug-likeness (QED) is 0.782. The zero-order valence-electron chi connectivity index (χ0n) is 14.0. The topological polar surface area (TPSA) is 12.0 Å². The van der Waals surface area contributed by atoms with Crippen molar-refractivity contribution in [2.45, 2.75) is 72.3 Å². The van der Waals surface area contributed by atoms with Crippen LogP contribution in [0.1, 0.15) is 72.4 Å². The van der Waals surface area contributed by atoms with E-state index in [-0.39, 0.29) is 0 Å². The summed E-state index contributed by atoms with van der Waals surface area (Å²) in [5.41, 5.74) is 7.40. The molecule has 0 heterocycles. The molecule has 0 aromatic heterocycles. The van der Waals surface area contributed by atoms with Gasteiger partial charge in [-0.15, -0.1) is 0 Å². The van der Waals surface area contributed by atoms with Gasteiger partial charge in [-0.3, -0.25) is 0 Å².